The summed E-state index contributed by atoms with van der Waals surface area (Å²) in [6.45, 7) is 0.607. The number of methoxy groups -OCH3 is 1. The molecule has 1 N–H and O–H groups in total. The van der Waals surface area contributed by atoms with Crippen LogP contribution >= 0.6 is 0 Å². The summed E-state index contributed by atoms with van der Waals surface area (Å²) >= 11 is 0. The highest BCUT2D eigenvalue weighted by molar-refractivity contribution is 5.86. The van der Waals surface area contributed by atoms with Crippen LogP contribution in [0.5, 0.6) is 0 Å². The Morgan fingerprint density at radius 3 is 2.82 bits per heavy atom. The molecule has 0 atom stereocenters. The van der Waals surface area contributed by atoms with Crippen molar-refractivity contribution in [1.29, 1.82) is 0 Å². The van der Waals surface area contributed by atoms with Crippen LogP contribution in [-0.4, -0.2) is 54.5 Å². The molecular weight excluding hydrogens is 226 g/mol. The summed E-state index contributed by atoms with van der Waals surface area (Å²) in [5.74, 6) is 5.24. The first-order chi connectivity index (χ1) is 8.04. The van der Waals surface area contributed by atoms with Gasteiger partial charge in [0, 0.05) is 18.8 Å². The van der Waals surface area contributed by atoms with Gasteiger partial charge in [-0.25, -0.2) is 9.59 Å². The van der Waals surface area contributed by atoms with Crippen LogP contribution in [0.3, 0.4) is 0 Å². The average molecular weight is 237 g/mol. The van der Waals surface area contributed by atoms with Crippen LogP contribution in [0.1, 0.15) is 0 Å². The molecular formula is C11H11NO5. The first kappa shape index (κ1) is 11.5. The Labute approximate surface area is 97.8 Å². The number of likely N-dealkylation sites (tertiary alicyclic amines) is 1. The largest absolute Gasteiger partial charge is 0.465 e. The molecule has 0 saturated carbocycles. The van der Waals surface area contributed by atoms with E-state index in [0.717, 1.165) is 0 Å². The van der Waals surface area contributed by atoms with Crippen molar-refractivity contribution in [2.45, 2.75) is 5.60 Å². The van der Waals surface area contributed by atoms with Gasteiger partial charge in [-0.15, -0.1) is 0 Å². The van der Waals surface area contributed by atoms with E-state index < -0.39 is 17.7 Å². The molecule has 2 rings (SSSR count). The Balaban J connectivity index is 2.03. The van der Waals surface area contributed by atoms with Crippen molar-refractivity contribution >= 4 is 12.1 Å². The third-order valence-electron chi connectivity index (χ3n) is 2.67. The zero-order valence-electron chi connectivity index (χ0n) is 9.23. The fourth-order valence-electron chi connectivity index (χ4n) is 1.61. The second kappa shape index (κ2) is 4.11. The molecule has 1 amide bonds. The van der Waals surface area contributed by atoms with Crippen molar-refractivity contribution in [3.63, 3.8) is 0 Å². The molecule has 0 unspecified atom stereocenters. The van der Waals surface area contributed by atoms with Gasteiger partial charge in [0.05, 0.1) is 13.1 Å². The molecule has 17 heavy (non-hydrogen) atoms. The van der Waals surface area contributed by atoms with Gasteiger partial charge in [0.2, 0.25) is 0 Å². The third kappa shape index (κ3) is 2.24. The Hall–Kier alpha value is -2.00. The standard InChI is InChI=1S/C11H11NO5/c1-16-11(6-12(7-11)10(14)15)3-2-8-4-9(13)17-5-8/h4H,5-7H2,1H3,(H,14,15). The number of hydrogen-bond acceptors (Lipinski definition) is 4. The van der Waals surface area contributed by atoms with Gasteiger partial charge >= 0.3 is 12.1 Å². The molecule has 2 heterocycles. The predicted octanol–water partition coefficient (Wildman–Crippen LogP) is -0.148. The van der Waals surface area contributed by atoms with Crippen LogP contribution in [-0.2, 0) is 14.3 Å². The van der Waals surface area contributed by atoms with E-state index in [9.17, 15) is 9.59 Å². The van der Waals surface area contributed by atoms with Crippen molar-refractivity contribution in [3.8, 4) is 11.8 Å². The van der Waals surface area contributed by atoms with E-state index in [1.807, 2.05) is 0 Å². The highest BCUT2D eigenvalue weighted by Crippen LogP contribution is 2.24. The van der Waals surface area contributed by atoms with Crippen molar-refractivity contribution in [2.24, 2.45) is 0 Å². The Morgan fingerprint density at radius 1 is 1.65 bits per heavy atom. The van der Waals surface area contributed by atoms with Gasteiger partial charge < -0.3 is 19.5 Å². The molecule has 0 aromatic rings. The Morgan fingerprint density at radius 2 is 2.35 bits per heavy atom. The SMILES string of the molecule is COC1(C#CC2=CC(=O)OC2)CN(C(=O)O)C1. The van der Waals surface area contributed by atoms with Gasteiger partial charge in [0.15, 0.2) is 5.60 Å². The van der Waals surface area contributed by atoms with E-state index >= 15 is 0 Å². The topological polar surface area (TPSA) is 76.1 Å². The van der Waals surface area contributed by atoms with Crippen molar-refractivity contribution in [3.05, 3.63) is 11.6 Å². The van der Waals surface area contributed by atoms with E-state index in [1.54, 1.807) is 0 Å². The molecule has 6 nitrogen and oxygen atoms in total. The Bertz CT molecular complexity index is 450. The summed E-state index contributed by atoms with van der Waals surface area (Å²) in [5, 5.41) is 8.72. The van der Waals surface area contributed by atoms with Gasteiger partial charge in [0.25, 0.3) is 0 Å². The number of carbonyl (C=O) groups is 2. The quantitative estimate of drug-likeness (QED) is 0.507. The minimum absolute atomic E-state index is 0.175. The first-order valence-electron chi connectivity index (χ1n) is 4.98. The molecule has 0 bridgehead atoms. The molecule has 2 aliphatic heterocycles. The lowest BCUT2D eigenvalue weighted by Crippen LogP contribution is -2.63. The van der Waals surface area contributed by atoms with Crippen LogP contribution in [0.2, 0.25) is 0 Å². The predicted molar refractivity (Wildman–Crippen MR) is 56.2 cm³/mol. The number of hydrogen-bond donors (Lipinski definition) is 1. The monoisotopic (exact) mass is 237 g/mol. The molecule has 0 radical (unpaired) electrons. The van der Waals surface area contributed by atoms with E-state index in [4.69, 9.17) is 14.6 Å². The van der Waals surface area contributed by atoms with Gasteiger partial charge in [-0.2, -0.15) is 0 Å². The number of cyclic esters (lactones) is 1. The fraction of sp³-hybridized carbons (Fsp3) is 0.455. The maximum absolute atomic E-state index is 10.8. The molecule has 6 heteroatoms. The average Bonchev–Trinajstić information content (AvgIpc) is 2.63. The van der Waals surface area contributed by atoms with Gasteiger partial charge in [0.1, 0.15) is 6.61 Å². The number of carboxylic acid groups (broad SMARTS) is 1. The van der Waals surface area contributed by atoms with E-state index in [-0.39, 0.29) is 19.7 Å². The summed E-state index contributed by atoms with van der Waals surface area (Å²) in [6.07, 6.45) is 0.336. The highest BCUT2D eigenvalue weighted by Gasteiger charge is 2.44. The lowest BCUT2D eigenvalue weighted by Gasteiger charge is -2.43. The van der Waals surface area contributed by atoms with Crippen molar-refractivity contribution < 1.29 is 24.2 Å². The molecule has 0 spiro atoms. The number of amides is 1. The lowest BCUT2D eigenvalue weighted by molar-refractivity contribution is -0.134. The number of carbonyl (C=O) groups excluding carboxylic acids is 1. The van der Waals surface area contributed by atoms with Crippen LogP contribution < -0.4 is 0 Å². The summed E-state index contributed by atoms with van der Waals surface area (Å²) < 4.78 is 9.91. The maximum atomic E-state index is 10.8. The normalized spacial score (nSPS) is 20.9. The van der Waals surface area contributed by atoms with Gasteiger partial charge in [-0.1, -0.05) is 11.8 Å². The van der Waals surface area contributed by atoms with Gasteiger partial charge in [-0.3, -0.25) is 0 Å². The molecule has 0 aromatic heterocycles. The van der Waals surface area contributed by atoms with E-state index in [2.05, 4.69) is 11.8 Å². The number of rotatable bonds is 1. The van der Waals surface area contributed by atoms with Crippen LogP contribution in [0.25, 0.3) is 0 Å². The van der Waals surface area contributed by atoms with Crippen molar-refractivity contribution in [2.75, 3.05) is 26.8 Å². The third-order valence-corrected chi connectivity index (χ3v) is 2.67. The Kier molecular flexibility index (Phi) is 2.77. The molecule has 90 valence electrons. The van der Waals surface area contributed by atoms with Crippen LogP contribution in [0.4, 0.5) is 4.79 Å². The number of nitrogens with zero attached hydrogens (tertiary/aromatic N) is 1. The van der Waals surface area contributed by atoms with Gasteiger partial charge in [-0.05, 0) is 0 Å². The molecule has 0 aromatic carbocycles. The number of esters is 1. The summed E-state index contributed by atoms with van der Waals surface area (Å²) in [5.41, 5.74) is -0.176. The summed E-state index contributed by atoms with van der Waals surface area (Å²) in [7, 11) is 1.48. The zero-order valence-corrected chi connectivity index (χ0v) is 9.23. The van der Waals surface area contributed by atoms with Crippen LogP contribution in [0, 0.1) is 11.8 Å². The number of ether oxygens (including phenoxy) is 2. The first-order valence-corrected chi connectivity index (χ1v) is 4.98. The molecule has 1 fully saturated rings. The van der Waals surface area contributed by atoms with Crippen LogP contribution in [0.15, 0.2) is 11.6 Å². The minimum Gasteiger partial charge on any atom is -0.465 e. The molecule has 2 aliphatic rings. The second-order valence-corrected chi connectivity index (χ2v) is 3.86. The smallest absolute Gasteiger partial charge is 0.407 e. The molecule has 0 aliphatic carbocycles. The van der Waals surface area contributed by atoms with E-state index in [1.165, 1.54) is 18.1 Å². The maximum Gasteiger partial charge on any atom is 0.407 e. The van der Waals surface area contributed by atoms with Crippen molar-refractivity contribution in [1.82, 2.24) is 4.90 Å². The lowest BCUT2D eigenvalue weighted by atomic mass is 9.94. The fourth-order valence-corrected chi connectivity index (χ4v) is 1.61. The summed E-state index contributed by atoms with van der Waals surface area (Å²) in [6, 6.07) is 0. The second-order valence-electron chi connectivity index (χ2n) is 3.86. The summed E-state index contributed by atoms with van der Waals surface area (Å²) in [4.78, 5) is 22.6. The molecule has 1 saturated heterocycles. The van der Waals surface area contributed by atoms with E-state index in [0.29, 0.717) is 5.57 Å². The zero-order chi connectivity index (χ0) is 12.5. The minimum atomic E-state index is -0.988. The highest BCUT2D eigenvalue weighted by atomic mass is 16.5.